The van der Waals surface area contributed by atoms with E-state index in [-0.39, 0.29) is 18.2 Å². The van der Waals surface area contributed by atoms with Gasteiger partial charge in [-0.15, -0.1) is 0 Å². The quantitative estimate of drug-likeness (QED) is 0.830. The van der Waals surface area contributed by atoms with Crippen LogP contribution >= 0.6 is 0 Å². The molecular weight excluding hydrogens is 346 g/mol. The summed E-state index contributed by atoms with van der Waals surface area (Å²) in [6.45, 7) is 3.05. The largest absolute Gasteiger partial charge is 0.486 e. The highest BCUT2D eigenvalue weighted by atomic mass is 32.2. The molecule has 0 bridgehead atoms. The van der Waals surface area contributed by atoms with Gasteiger partial charge in [-0.1, -0.05) is 0 Å². The Morgan fingerprint density at radius 1 is 0.880 bits per heavy atom. The lowest BCUT2D eigenvalue weighted by Gasteiger charge is -2.24. The van der Waals surface area contributed by atoms with E-state index < -0.39 is 10.0 Å². The number of rotatable bonds is 4. The van der Waals surface area contributed by atoms with Gasteiger partial charge in [-0.05, 0) is 31.2 Å². The van der Waals surface area contributed by atoms with Gasteiger partial charge in [-0.3, -0.25) is 4.31 Å². The standard InChI is InChI=1S/C17H17NO6S/c1-2-18(12-3-5-15-16(9-12)24-11-23-15)25(19,20)13-4-6-14-17(10-13)22-8-7-21-14/h3-6,9-10H,2,7-8,11H2,1H3. The molecule has 0 N–H and O–H groups in total. The third kappa shape index (κ3) is 2.72. The van der Waals surface area contributed by atoms with Crippen LogP contribution in [0.1, 0.15) is 6.92 Å². The van der Waals surface area contributed by atoms with Crippen molar-refractivity contribution >= 4 is 15.7 Å². The van der Waals surface area contributed by atoms with Crippen LogP contribution in [0.15, 0.2) is 41.3 Å². The topological polar surface area (TPSA) is 74.3 Å². The Morgan fingerprint density at radius 2 is 1.52 bits per heavy atom. The molecule has 0 atom stereocenters. The number of fused-ring (bicyclic) bond motifs is 2. The first-order valence-corrected chi connectivity index (χ1v) is 9.35. The van der Waals surface area contributed by atoms with Gasteiger partial charge in [0.2, 0.25) is 6.79 Å². The molecule has 2 heterocycles. The van der Waals surface area contributed by atoms with E-state index in [9.17, 15) is 8.42 Å². The summed E-state index contributed by atoms with van der Waals surface area (Å²) in [6.07, 6.45) is 0. The lowest BCUT2D eigenvalue weighted by Crippen LogP contribution is -2.30. The van der Waals surface area contributed by atoms with Gasteiger partial charge in [0, 0.05) is 18.7 Å². The zero-order valence-corrected chi connectivity index (χ0v) is 14.4. The number of ether oxygens (including phenoxy) is 4. The van der Waals surface area contributed by atoms with Gasteiger partial charge in [0.05, 0.1) is 10.6 Å². The second kappa shape index (κ2) is 6.03. The minimum atomic E-state index is -3.75. The van der Waals surface area contributed by atoms with Crippen molar-refractivity contribution in [2.45, 2.75) is 11.8 Å². The average Bonchev–Trinajstić information content (AvgIpc) is 3.09. The molecular formula is C17H17NO6S. The zero-order valence-electron chi connectivity index (χ0n) is 13.6. The van der Waals surface area contributed by atoms with Crippen LogP contribution < -0.4 is 23.3 Å². The molecule has 4 rings (SSSR count). The van der Waals surface area contributed by atoms with Crippen LogP contribution in [-0.2, 0) is 10.0 Å². The van der Waals surface area contributed by atoms with Crippen molar-refractivity contribution in [3.63, 3.8) is 0 Å². The van der Waals surface area contributed by atoms with Crippen LogP contribution in [0, 0.1) is 0 Å². The highest BCUT2D eigenvalue weighted by Crippen LogP contribution is 2.38. The molecule has 132 valence electrons. The van der Waals surface area contributed by atoms with E-state index in [0.717, 1.165) is 0 Å². The van der Waals surface area contributed by atoms with E-state index in [0.29, 0.717) is 41.9 Å². The molecule has 0 amide bonds. The third-order valence-electron chi connectivity index (χ3n) is 4.03. The molecule has 0 fully saturated rings. The van der Waals surface area contributed by atoms with Crippen LogP contribution in [0.2, 0.25) is 0 Å². The monoisotopic (exact) mass is 363 g/mol. The lowest BCUT2D eigenvalue weighted by molar-refractivity contribution is 0.171. The van der Waals surface area contributed by atoms with Crippen LogP contribution in [0.5, 0.6) is 23.0 Å². The van der Waals surface area contributed by atoms with Gasteiger partial charge < -0.3 is 18.9 Å². The summed E-state index contributed by atoms with van der Waals surface area (Å²) >= 11 is 0. The molecule has 0 saturated heterocycles. The minimum Gasteiger partial charge on any atom is -0.486 e. The van der Waals surface area contributed by atoms with Crippen LogP contribution in [0.25, 0.3) is 0 Å². The maximum atomic E-state index is 13.1. The molecule has 0 unspecified atom stereocenters. The zero-order chi connectivity index (χ0) is 17.4. The van der Waals surface area contributed by atoms with Crippen molar-refractivity contribution in [2.75, 3.05) is 30.9 Å². The summed E-state index contributed by atoms with van der Waals surface area (Å²) in [5.41, 5.74) is 0.515. The molecule has 0 saturated carbocycles. The molecule has 7 nitrogen and oxygen atoms in total. The van der Waals surface area contributed by atoms with Crippen molar-refractivity contribution in [2.24, 2.45) is 0 Å². The Kier molecular flexibility index (Phi) is 3.84. The molecule has 0 aromatic heterocycles. The van der Waals surface area contributed by atoms with Crippen molar-refractivity contribution in [1.29, 1.82) is 0 Å². The SMILES string of the molecule is CCN(c1ccc2c(c1)OCO2)S(=O)(=O)c1ccc2c(c1)OCCO2. The molecule has 0 aliphatic carbocycles. The van der Waals surface area contributed by atoms with Crippen LogP contribution in [-0.4, -0.2) is 35.0 Å². The fraction of sp³-hybridized carbons (Fsp3) is 0.294. The van der Waals surface area contributed by atoms with Gasteiger partial charge in [0.1, 0.15) is 13.2 Å². The van der Waals surface area contributed by atoms with E-state index in [2.05, 4.69) is 0 Å². The Hall–Kier alpha value is -2.61. The van der Waals surface area contributed by atoms with E-state index in [1.807, 2.05) is 0 Å². The third-order valence-corrected chi connectivity index (χ3v) is 5.93. The molecule has 8 heteroatoms. The average molecular weight is 363 g/mol. The number of sulfonamides is 1. The summed E-state index contributed by atoms with van der Waals surface area (Å²) < 4.78 is 49.1. The minimum absolute atomic E-state index is 0.139. The maximum absolute atomic E-state index is 13.1. The van der Waals surface area contributed by atoms with Gasteiger partial charge in [0.15, 0.2) is 23.0 Å². The summed E-state index contributed by atoms with van der Waals surface area (Å²) in [5.74, 6) is 2.13. The smallest absolute Gasteiger partial charge is 0.264 e. The van der Waals surface area contributed by atoms with Crippen molar-refractivity contribution < 1.29 is 27.4 Å². The molecule has 2 aromatic rings. The second-order valence-corrected chi connectivity index (χ2v) is 7.38. The molecule has 2 aromatic carbocycles. The van der Waals surface area contributed by atoms with Gasteiger partial charge in [-0.2, -0.15) is 0 Å². The van der Waals surface area contributed by atoms with Crippen molar-refractivity contribution in [3.8, 4) is 23.0 Å². The van der Waals surface area contributed by atoms with Crippen LogP contribution in [0.4, 0.5) is 5.69 Å². The van der Waals surface area contributed by atoms with E-state index in [1.165, 1.54) is 16.4 Å². The number of hydrogen-bond acceptors (Lipinski definition) is 6. The number of benzene rings is 2. The van der Waals surface area contributed by atoms with Gasteiger partial charge >= 0.3 is 0 Å². The first-order chi connectivity index (χ1) is 12.1. The highest BCUT2D eigenvalue weighted by Gasteiger charge is 2.27. The number of nitrogens with zero attached hydrogens (tertiary/aromatic N) is 1. The maximum Gasteiger partial charge on any atom is 0.264 e. The second-order valence-electron chi connectivity index (χ2n) is 5.51. The fourth-order valence-corrected chi connectivity index (χ4v) is 4.32. The Morgan fingerprint density at radius 3 is 2.32 bits per heavy atom. The molecule has 2 aliphatic rings. The summed E-state index contributed by atoms with van der Waals surface area (Å²) in [5, 5.41) is 0. The fourth-order valence-electron chi connectivity index (χ4n) is 2.84. The molecule has 0 spiro atoms. The van der Waals surface area contributed by atoms with E-state index in [1.54, 1.807) is 31.2 Å². The number of hydrogen-bond donors (Lipinski definition) is 0. The van der Waals surface area contributed by atoms with Crippen LogP contribution in [0.3, 0.4) is 0 Å². The van der Waals surface area contributed by atoms with E-state index >= 15 is 0 Å². The summed E-state index contributed by atoms with van der Waals surface area (Å²) in [6, 6.07) is 9.72. The molecule has 2 aliphatic heterocycles. The Labute approximate surface area is 145 Å². The van der Waals surface area contributed by atoms with Gasteiger partial charge in [-0.25, -0.2) is 8.42 Å². The van der Waals surface area contributed by atoms with Gasteiger partial charge in [0.25, 0.3) is 10.0 Å². The number of anilines is 1. The lowest BCUT2D eigenvalue weighted by atomic mass is 10.3. The normalized spacial score (nSPS) is 15.1. The first-order valence-electron chi connectivity index (χ1n) is 7.91. The summed E-state index contributed by atoms with van der Waals surface area (Å²) in [4.78, 5) is 0.149. The summed E-state index contributed by atoms with van der Waals surface area (Å²) in [7, 11) is -3.75. The van der Waals surface area contributed by atoms with Crippen molar-refractivity contribution in [1.82, 2.24) is 0 Å². The molecule has 25 heavy (non-hydrogen) atoms. The Bertz CT molecular complexity index is 911. The Balaban J connectivity index is 1.72. The predicted octanol–water partition coefficient (Wildman–Crippen LogP) is 2.40. The first kappa shape index (κ1) is 15.9. The van der Waals surface area contributed by atoms with Crippen molar-refractivity contribution in [3.05, 3.63) is 36.4 Å². The predicted molar refractivity (Wildman–Crippen MR) is 90.2 cm³/mol. The highest BCUT2D eigenvalue weighted by molar-refractivity contribution is 7.92. The van der Waals surface area contributed by atoms with E-state index in [4.69, 9.17) is 18.9 Å². The molecule has 0 radical (unpaired) electrons.